The first kappa shape index (κ1) is 11.8. The van der Waals surface area contributed by atoms with Gasteiger partial charge in [-0.25, -0.2) is 4.98 Å². The molecule has 1 aromatic rings. The summed E-state index contributed by atoms with van der Waals surface area (Å²) in [6.45, 7) is 2.70. The van der Waals surface area contributed by atoms with Crippen LogP contribution < -0.4 is 0 Å². The molecule has 1 aliphatic rings. The highest BCUT2D eigenvalue weighted by Gasteiger charge is 2.17. The molecule has 0 bridgehead atoms. The van der Waals surface area contributed by atoms with E-state index < -0.39 is 0 Å². The van der Waals surface area contributed by atoms with Crippen molar-refractivity contribution in [3.8, 4) is 0 Å². The molecule has 0 unspecified atom stereocenters. The molecule has 2 heterocycles. The Kier molecular flexibility index (Phi) is 4.16. The lowest BCUT2D eigenvalue weighted by Crippen LogP contribution is -2.28. The Morgan fingerprint density at radius 1 is 1.62 bits per heavy atom. The molecule has 3 nitrogen and oxygen atoms in total. The zero-order valence-electron chi connectivity index (χ0n) is 9.53. The number of likely N-dealkylation sites (N-methyl/N-ethyl adjacent to an activating group) is 1. The van der Waals surface area contributed by atoms with Crippen LogP contribution in [0.5, 0.6) is 0 Å². The molecule has 0 saturated carbocycles. The zero-order chi connectivity index (χ0) is 11.4. The van der Waals surface area contributed by atoms with Crippen LogP contribution in [-0.4, -0.2) is 36.2 Å². The van der Waals surface area contributed by atoms with Crippen molar-refractivity contribution in [1.82, 2.24) is 9.88 Å². The van der Waals surface area contributed by atoms with Gasteiger partial charge in [-0.3, -0.25) is 4.90 Å². The third-order valence-electron chi connectivity index (χ3n) is 2.82. The van der Waals surface area contributed by atoms with E-state index in [2.05, 4.69) is 16.9 Å². The second kappa shape index (κ2) is 5.62. The van der Waals surface area contributed by atoms with Gasteiger partial charge in [0.15, 0.2) is 0 Å². The van der Waals surface area contributed by atoms with Crippen LogP contribution in [0.4, 0.5) is 0 Å². The summed E-state index contributed by atoms with van der Waals surface area (Å²) < 4.78 is 5.60. The predicted molar refractivity (Wildman–Crippen MR) is 64.6 cm³/mol. The van der Waals surface area contributed by atoms with Crippen LogP contribution in [-0.2, 0) is 11.3 Å². The van der Waals surface area contributed by atoms with Gasteiger partial charge in [-0.05, 0) is 26.0 Å². The average molecular weight is 241 g/mol. The van der Waals surface area contributed by atoms with Crippen molar-refractivity contribution in [2.24, 2.45) is 0 Å². The molecule has 16 heavy (non-hydrogen) atoms. The summed E-state index contributed by atoms with van der Waals surface area (Å²) in [5.74, 6) is 0. The zero-order valence-corrected chi connectivity index (χ0v) is 10.3. The highest BCUT2D eigenvalue weighted by atomic mass is 35.5. The van der Waals surface area contributed by atoms with Crippen LogP contribution in [0.25, 0.3) is 0 Å². The highest BCUT2D eigenvalue weighted by molar-refractivity contribution is 6.30. The van der Waals surface area contributed by atoms with Crippen molar-refractivity contribution in [1.29, 1.82) is 0 Å². The number of ether oxygens (including phenoxy) is 1. The molecule has 1 aliphatic heterocycles. The first-order chi connectivity index (χ1) is 7.75. The van der Waals surface area contributed by atoms with Gasteiger partial charge >= 0.3 is 0 Å². The Balaban J connectivity index is 1.86. The summed E-state index contributed by atoms with van der Waals surface area (Å²) in [6, 6.07) is 3.93. The molecule has 0 aromatic carbocycles. The van der Waals surface area contributed by atoms with E-state index in [0.29, 0.717) is 11.3 Å². The topological polar surface area (TPSA) is 25.4 Å². The van der Waals surface area contributed by atoms with Crippen LogP contribution >= 0.6 is 11.6 Å². The van der Waals surface area contributed by atoms with Gasteiger partial charge in [-0.1, -0.05) is 17.7 Å². The van der Waals surface area contributed by atoms with Crippen LogP contribution in [0, 0.1) is 0 Å². The number of aromatic nitrogens is 1. The SMILES string of the molecule is CN(Cc1cccnc1Cl)C[C@@H]1CCCO1. The molecule has 4 heteroatoms. The second-order valence-electron chi connectivity index (χ2n) is 4.29. The van der Waals surface area contributed by atoms with E-state index in [1.54, 1.807) is 6.20 Å². The fourth-order valence-electron chi connectivity index (χ4n) is 2.03. The molecule has 2 rings (SSSR count). The first-order valence-corrected chi connectivity index (χ1v) is 6.03. The minimum Gasteiger partial charge on any atom is -0.377 e. The molecule has 88 valence electrons. The van der Waals surface area contributed by atoms with Crippen molar-refractivity contribution >= 4 is 11.6 Å². The van der Waals surface area contributed by atoms with Gasteiger partial charge < -0.3 is 4.74 Å². The molecule has 0 radical (unpaired) electrons. The molecular weight excluding hydrogens is 224 g/mol. The van der Waals surface area contributed by atoms with E-state index in [1.165, 1.54) is 12.8 Å². The Morgan fingerprint density at radius 3 is 3.19 bits per heavy atom. The van der Waals surface area contributed by atoms with Crippen molar-refractivity contribution in [3.05, 3.63) is 29.0 Å². The molecule has 1 aromatic heterocycles. The van der Waals surface area contributed by atoms with Gasteiger partial charge in [0.05, 0.1) is 6.10 Å². The number of pyridine rings is 1. The Morgan fingerprint density at radius 2 is 2.50 bits per heavy atom. The largest absolute Gasteiger partial charge is 0.377 e. The second-order valence-corrected chi connectivity index (χ2v) is 4.64. The molecule has 0 N–H and O–H groups in total. The van der Waals surface area contributed by atoms with Gasteiger partial charge in [-0.2, -0.15) is 0 Å². The van der Waals surface area contributed by atoms with Gasteiger partial charge in [0.1, 0.15) is 5.15 Å². The lowest BCUT2D eigenvalue weighted by molar-refractivity contribution is 0.0793. The average Bonchev–Trinajstić information content (AvgIpc) is 2.74. The summed E-state index contributed by atoms with van der Waals surface area (Å²) >= 11 is 6.02. The summed E-state index contributed by atoms with van der Waals surface area (Å²) in [6.07, 6.45) is 4.46. The smallest absolute Gasteiger partial charge is 0.133 e. The quantitative estimate of drug-likeness (QED) is 0.756. The van der Waals surface area contributed by atoms with Crippen LogP contribution in [0.1, 0.15) is 18.4 Å². The Hall–Kier alpha value is -0.640. The highest BCUT2D eigenvalue weighted by Crippen LogP contribution is 2.16. The summed E-state index contributed by atoms with van der Waals surface area (Å²) in [5.41, 5.74) is 1.07. The van der Waals surface area contributed by atoms with Gasteiger partial charge in [-0.15, -0.1) is 0 Å². The standard InChI is InChI=1S/C12H17ClN2O/c1-15(9-11-5-3-7-16-11)8-10-4-2-6-14-12(10)13/h2,4,6,11H,3,5,7-9H2,1H3/t11-/m0/s1. The number of nitrogens with zero attached hydrogens (tertiary/aromatic N) is 2. The van der Waals surface area contributed by atoms with E-state index in [9.17, 15) is 0 Å². The number of hydrogen-bond donors (Lipinski definition) is 0. The van der Waals surface area contributed by atoms with E-state index in [1.807, 2.05) is 12.1 Å². The molecular formula is C12H17ClN2O. The monoisotopic (exact) mass is 240 g/mol. The minimum atomic E-state index is 0.389. The van der Waals surface area contributed by atoms with E-state index in [-0.39, 0.29) is 0 Å². The van der Waals surface area contributed by atoms with Crippen molar-refractivity contribution < 1.29 is 4.74 Å². The fraction of sp³-hybridized carbons (Fsp3) is 0.583. The van der Waals surface area contributed by atoms with Crippen LogP contribution in [0.3, 0.4) is 0 Å². The van der Waals surface area contributed by atoms with Gasteiger partial charge in [0, 0.05) is 31.5 Å². The summed E-state index contributed by atoms with van der Waals surface area (Å²) in [4.78, 5) is 6.31. The summed E-state index contributed by atoms with van der Waals surface area (Å²) in [5, 5.41) is 0.599. The van der Waals surface area contributed by atoms with Crippen LogP contribution in [0.2, 0.25) is 5.15 Å². The van der Waals surface area contributed by atoms with Gasteiger partial charge in [0.25, 0.3) is 0 Å². The summed E-state index contributed by atoms with van der Waals surface area (Å²) in [7, 11) is 2.09. The lowest BCUT2D eigenvalue weighted by Gasteiger charge is -2.20. The third kappa shape index (κ3) is 3.17. The molecule has 0 spiro atoms. The number of hydrogen-bond acceptors (Lipinski definition) is 3. The Bertz CT molecular complexity index is 340. The van der Waals surface area contributed by atoms with E-state index in [4.69, 9.17) is 16.3 Å². The van der Waals surface area contributed by atoms with Gasteiger partial charge in [0.2, 0.25) is 0 Å². The Labute approximate surface area is 101 Å². The molecule has 1 saturated heterocycles. The minimum absolute atomic E-state index is 0.389. The third-order valence-corrected chi connectivity index (χ3v) is 3.16. The van der Waals surface area contributed by atoms with Crippen LogP contribution in [0.15, 0.2) is 18.3 Å². The fourth-order valence-corrected chi connectivity index (χ4v) is 2.21. The van der Waals surface area contributed by atoms with Crippen molar-refractivity contribution in [2.75, 3.05) is 20.2 Å². The molecule has 0 aliphatic carbocycles. The van der Waals surface area contributed by atoms with E-state index in [0.717, 1.165) is 25.3 Å². The van der Waals surface area contributed by atoms with E-state index >= 15 is 0 Å². The number of halogens is 1. The predicted octanol–water partition coefficient (Wildman–Crippen LogP) is 2.35. The van der Waals surface area contributed by atoms with Crippen molar-refractivity contribution in [2.45, 2.75) is 25.5 Å². The lowest BCUT2D eigenvalue weighted by atomic mass is 10.2. The number of rotatable bonds is 4. The first-order valence-electron chi connectivity index (χ1n) is 5.65. The maximum Gasteiger partial charge on any atom is 0.133 e. The maximum atomic E-state index is 6.02. The molecule has 1 fully saturated rings. The normalized spacial score (nSPS) is 20.6. The molecule has 1 atom stereocenters. The molecule has 0 amide bonds. The van der Waals surface area contributed by atoms with Crippen molar-refractivity contribution in [3.63, 3.8) is 0 Å². The maximum absolute atomic E-state index is 6.02.